The van der Waals surface area contributed by atoms with Crippen molar-refractivity contribution in [3.8, 4) is 0 Å². The Balaban J connectivity index is 2.11. The Kier molecular flexibility index (Phi) is 5.58. The summed E-state index contributed by atoms with van der Waals surface area (Å²) in [7, 11) is 0. The van der Waals surface area contributed by atoms with Crippen LogP contribution in [0.5, 0.6) is 0 Å². The molecule has 2 N–H and O–H groups in total. The van der Waals surface area contributed by atoms with Crippen molar-refractivity contribution in [3.05, 3.63) is 71.8 Å². The molecule has 0 spiro atoms. The summed E-state index contributed by atoms with van der Waals surface area (Å²) in [6.45, 7) is 3.27. The number of carboxylic acids is 1. The molecule has 0 aromatic heterocycles. The van der Waals surface area contributed by atoms with E-state index in [2.05, 4.69) is 5.32 Å². The first kappa shape index (κ1) is 17.5. The smallest absolute Gasteiger partial charge is 0.407 e. The second-order valence-corrected chi connectivity index (χ2v) is 6.08. The number of alkyl carbamates (subject to hydrolysis) is 1. The number of nitrogens with one attached hydrogen (secondary N) is 1. The summed E-state index contributed by atoms with van der Waals surface area (Å²) >= 11 is 0. The number of benzene rings is 2. The predicted molar refractivity (Wildman–Crippen MR) is 90.4 cm³/mol. The molecule has 126 valence electrons. The first-order valence-corrected chi connectivity index (χ1v) is 7.67. The first-order valence-electron chi connectivity index (χ1n) is 7.67. The van der Waals surface area contributed by atoms with Gasteiger partial charge >= 0.3 is 12.1 Å². The van der Waals surface area contributed by atoms with Crippen LogP contribution >= 0.6 is 0 Å². The van der Waals surface area contributed by atoms with E-state index in [0.29, 0.717) is 5.56 Å². The van der Waals surface area contributed by atoms with Crippen LogP contribution in [-0.2, 0) is 16.1 Å². The van der Waals surface area contributed by atoms with E-state index in [-0.39, 0.29) is 6.61 Å². The van der Waals surface area contributed by atoms with Gasteiger partial charge in [-0.25, -0.2) is 4.79 Å². The summed E-state index contributed by atoms with van der Waals surface area (Å²) in [5, 5.41) is 12.2. The number of carbonyl (C=O) groups excluding carboxylic acids is 1. The molecule has 0 saturated heterocycles. The minimum absolute atomic E-state index is 0.127. The predicted octanol–water partition coefficient (Wildman–Crippen LogP) is 3.76. The summed E-state index contributed by atoms with van der Waals surface area (Å²) in [5.41, 5.74) is 0.385. The third-order valence-electron chi connectivity index (χ3n) is 3.88. The lowest BCUT2D eigenvalue weighted by atomic mass is 9.80. The van der Waals surface area contributed by atoms with Crippen LogP contribution in [0.15, 0.2) is 60.7 Å². The van der Waals surface area contributed by atoms with Crippen LogP contribution < -0.4 is 5.32 Å². The van der Waals surface area contributed by atoms with Gasteiger partial charge in [0.2, 0.25) is 0 Å². The Morgan fingerprint density at radius 1 is 1.04 bits per heavy atom. The number of ether oxygens (including phenoxy) is 1. The number of hydrogen-bond acceptors (Lipinski definition) is 3. The molecule has 0 aliphatic heterocycles. The van der Waals surface area contributed by atoms with Gasteiger partial charge in [0.1, 0.15) is 6.61 Å². The van der Waals surface area contributed by atoms with Crippen LogP contribution in [0.4, 0.5) is 4.79 Å². The fourth-order valence-corrected chi connectivity index (χ4v) is 2.33. The molecular weight excluding hydrogens is 306 g/mol. The normalized spacial score (nSPS) is 12.2. The van der Waals surface area contributed by atoms with Gasteiger partial charge in [0.15, 0.2) is 0 Å². The third-order valence-corrected chi connectivity index (χ3v) is 3.88. The molecule has 5 nitrogen and oxygen atoms in total. The lowest BCUT2D eigenvalue weighted by Crippen LogP contribution is -2.42. The third kappa shape index (κ3) is 4.35. The Labute approximate surface area is 141 Å². The largest absolute Gasteiger partial charge is 0.481 e. The zero-order valence-corrected chi connectivity index (χ0v) is 13.7. The SMILES string of the molecule is CC(C)(C(=O)O)[C@H](NC(=O)OCc1ccccc1)c1ccccc1. The highest BCUT2D eigenvalue weighted by Crippen LogP contribution is 2.33. The molecule has 1 atom stereocenters. The van der Waals surface area contributed by atoms with Crippen molar-refractivity contribution in [2.24, 2.45) is 5.41 Å². The number of aliphatic carboxylic acids is 1. The Hall–Kier alpha value is -2.82. The second-order valence-electron chi connectivity index (χ2n) is 6.08. The first-order chi connectivity index (χ1) is 11.4. The standard InChI is InChI=1S/C19H21NO4/c1-19(2,17(21)22)16(15-11-7-4-8-12-15)20-18(23)24-13-14-9-5-3-6-10-14/h3-12,16H,13H2,1-2H3,(H,20,23)(H,21,22)/t16-/m1/s1. The number of hydrogen-bond donors (Lipinski definition) is 2. The van der Waals surface area contributed by atoms with Crippen LogP contribution in [0.1, 0.15) is 31.0 Å². The van der Waals surface area contributed by atoms with E-state index in [1.54, 1.807) is 38.1 Å². The van der Waals surface area contributed by atoms with Gasteiger partial charge in [-0.3, -0.25) is 4.79 Å². The van der Waals surface area contributed by atoms with E-state index in [1.165, 1.54) is 0 Å². The quantitative estimate of drug-likeness (QED) is 0.847. The van der Waals surface area contributed by atoms with Crippen molar-refractivity contribution in [1.29, 1.82) is 0 Å². The van der Waals surface area contributed by atoms with E-state index < -0.39 is 23.5 Å². The minimum Gasteiger partial charge on any atom is -0.481 e. The molecule has 0 aliphatic rings. The van der Waals surface area contributed by atoms with Gasteiger partial charge in [-0.2, -0.15) is 0 Å². The molecule has 0 bridgehead atoms. The topological polar surface area (TPSA) is 75.6 Å². The minimum atomic E-state index is -1.19. The second kappa shape index (κ2) is 7.64. The molecule has 0 heterocycles. The lowest BCUT2D eigenvalue weighted by Gasteiger charge is -2.31. The van der Waals surface area contributed by atoms with E-state index in [4.69, 9.17) is 4.74 Å². The molecule has 5 heteroatoms. The molecule has 0 radical (unpaired) electrons. The van der Waals surface area contributed by atoms with Crippen LogP contribution in [0.25, 0.3) is 0 Å². The molecule has 1 amide bonds. The maximum atomic E-state index is 12.1. The number of carboxylic acid groups (broad SMARTS) is 1. The fraction of sp³-hybridized carbons (Fsp3) is 0.263. The Morgan fingerprint density at radius 2 is 1.58 bits per heavy atom. The van der Waals surface area contributed by atoms with Crippen LogP contribution in [-0.4, -0.2) is 17.2 Å². The van der Waals surface area contributed by atoms with Crippen molar-refractivity contribution in [1.82, 2.24) is 5.32 Å². The Morgan fingerprint density at radius 3 is 2.12 bits per heavy atom. The monoisotopic (exact) mass is 327 g/mol. The van der Waals surface area contributed by atoms with E-state index in [1.807, 2.05) is 36.4 Å². The molecule has 0 fully saturated rings. The maximum absolute atomic E-state index is 12.1. The average molecular weight is 327 g/mol. The molecule has 24 heavy (non-hydrogen) atoms. The summed E-state index contributed by atoms with van der Waals surface area (Å²) in [5.74, 6) is -1.00. The lowest BCUT2D eigenvalue weighted by molar-refractivity contribution is -0.148. The maximum Gasteiger partial charge on any atom is 0.407 e. The van der Waals surface area contributed by atoms with Crippen molar-refractivity contribution in [2.75, 3.05) is 0 Å². The molecule has 0 unspecified atom stereocenters. The van der Waals surface area contributed by atoms with E-state index in [0.717, 1.165) is 5.56 Å². The summed E-state index contributed by atoms with van der Waals surface area (Å²) < 4.78 is 5.21. The van der Waals surface area contributed by atoms with Crippen molar-refractivity contribution in [2.45, 2.75) is 26.5 Å². The zero-order chi connectivity index (χ0) is 17.6. The highest BCUT2D eigenvalue weighted by molar-refractivity contribution is 5.77. The van der Waals surface area contributed by atoms with Gasteiger partial charge in [0.25, 0.3) is 0 Å². The summed E-state index contributed by atoms with van der Waals surface area (Å²) in [6.07, 6.45) is -0.651. The van der Waals surface area contributed by atoms with Gasteiger partial charge in [0.05, 0.1) is 11.5 Å². The zero-order valence-electron chi connectivity index (χ0n) is 13.7. The van der Waals surface area contributed by atoms with Crippen LogP contribution in [0.3, 0.4) is 0 Å². The van der Waals surface area contributed by atoms with Gasteiger partial charge in [0, 0.05) is 0 Å². The van der Waals surface area contributed by atoms with Gasteiger partial charge < -0.3 is 15.2 Å². The van der Waals surface area contributed by atoms with Crippen LogP contribution in [0, 0.1) is 5.41 Å². The molecule has 2 rings (SSSR count). The van der Waals surface area contributed by atoms with E-state index in [9.17, 15) is 14.7 Å². The number of rotatable bonds is 6. The van der Waals surface area contributed by atoms with Gasteiger partial charge in [-0.05, 0) is 25.0 Å². The number of amides is 1. The summed E-state index contributed by atoms with van der Waals surface area (Å²) in [6, 6.07) is 17.6. The van der Waals surface area contributed by atoms with Gasteiger partial charge in [-0.15, -0.1) is 0 Å². The van der Waals surface area contributed by atoms with E-state index >= 15 is 0 Å². The van der Waals surface area contributed by atoms with Crippen molar-refractivity contribution >= 4 is 12.1 Å². The Bertz CT molecular complexity index is 683. The molecule has 2 aromatic carbocycles. The highest BCUT2D eigenvalue weighted by Gasteiger charge is 2.39. The molecule has 0 saturated carbocycles. The van der Waals surface area contributed by atoms with Crippen LogP contribution in [0.2, 0.25) is 0 Å². The summed E-state index contributed by atoms with van der Waals surface area (Å²) in [4.78, 5) is 23.7. The number of carbonyl (C=O) groups is 2. The van der Waals surface area contributed by atoms with Gasteiger partial charge in [-0.1, -0.05) is 60.7 Å². The van der Waals surface area contributed by atoms with Crippen molar-refractivity contribution in [3.63, 3.8) is 0 Å². The van der Waals surface area contributed by atoms with Crippen molar-refractivity contribution < 1.29 is 19.4 Å². The molecule has 2 aromatic rings. The average Bonchev–Trinajstić information content (AvgIpc) is 2.59. The highest BCUT2D eigenvalue weighted by atomic mass is 16.5. The molecular formula is C19H21NO4. The fourth-order valence-electron chi connectivity index (χ4n) is 2.33. The molecule has 0 aliphatic carbocycles.